The molecule has 3 rings (SSSR count). The highest BCUT2D eigenvalue weighted by atomic mass is 16.2. The van der Waals surface area contributed by atoms with Crippen molar-refractivity contribution in [3.05, 3.63) is 67.0 Å². The van der Waals surface area contributed by atoms with Crippen LogP contribution in [0, 0.1) is 0 Å². The number of rotatable bonds is 8. The van der Waals surface area contributed by atoms with Crippen molar-refractivity contribution < 1.29 is 4.79 Å². The highest BCUT2D eigenvalue weighted by molar-refractivity contribution is 5.93. The molecule has 0 spiro atoms. The molecule has 1 aromatic carbocycles. The lowest BCUT2D eigenvalue weighted by molar-refractivity contribution is 0.0931. The van der Waals surface area contributed by atoms with Crippen LogP contribution in [0.1, 0.15) is 50.0 Å². The molecule has 0 saturated carbocycles. The Kier molecular flexibility index (Phi) is 6.36. The van der Waals surface area contributed by atoms with E-state index >= 15 is 0 Å². The SMILES string of the molecule is CCCCC[C@H](C)NC(=O)c1cncn1-c1cccc(-c2cccnc2)c1. The zero-order chi connectivity index (χ0) is 19.1. The lowest BCUT2D eigenvalue weighted by Gasteiger charge is -2.15. The number of hydrogen-bond donors (Lipinski definition) is 1. The summed E-state index contributed by atoms with van der Waals surface area (Å²) in [6.07, 6.45) is 11.4. The van der Waals surface area contributed by atoms with Crippen molar-refractivity contribution in [3.63, 3.8) is 0 Å². The molecular weight excluding hydrogens is 336 g/mol. The Morgan fingerprint density at radius 2 is 1.96 bits per heavy atom. The smallest absolute Gasteiger partial charge is 0.270 e. The fourth-order valence-electron chi connectivity index (χ4n) is 3.11. The van der Waals surface area contributed by atoms with Crippen LogP contribution in [0.5, 0.6) is 0 Å². The average Bonchev–Trinajstić information content (AvgIpc) is 3.19. The summed E-state index contributed by atoms with van der Waals surface area (Å²) in [6.45, 7) is 4.23. The number of carbonyl (C=O) groups is 1. The quantitative estimate of drug-likeness (QED) is 0.594. The van der Waals surface area contributed by atoms with Crippen LogP contribution in [0.15, 0.2) is 61.3 Å². The Bertz CT molecular complexity index is 873. The molecule has 0 radical (unpaired) electrons. The highest BCUT2D eigenvalue weighted by Crippen LogP contribution is 2.22. The maximum absolute atomic E-state index is 12.7. The number of amides is 1. The van der Waals surface area contributed by atoms with Gasteiger partial charge in [-0.05, 0) is 37.1 Å². The van der Waals surface area contributed by atoms with E-state index in [-0.39, 0.29) is 11.9 Å². The Morgan fingerprint density at radius 3 is 2.74 bits per heavy atom. The third-order valence-corrected chi connectivity index (χ3v) is 4.61. The molecule has 0 aliphatic carbocycles. The maximum atomic E-state index is 12.7. The second-order valence-electron chi connectivity index (χ2n) is 6.81. The molecule has 5 nitrogen and oxygen atoms in total. The number of aromatic nitrogens is 3. The fourth-order valence-corrected chi connectivity index (χ4v) is 3.11. The third-order valence-electron chi connectivity index (χ3n) is 4.61. The average molecular weight is 362 g/mol. The molecule has 140 valence electrons. The van der Waals surface area contributed by atoms with Crippen LogP contribution in [-0.2, 0) is 0 Å². The van der Waals surface area contributed by atoms with Gasteiger partial charge in [0.25, 0.3) is 5.91 Å². The van der Waals surface area contributed by atoms with Crippen molar-refractivity contribution in [2.45, 2.75) is 45.6 Å². The van der Waals surface area contributed by atoms with E-state index in [2.05, 4.69) is 29.1 Å². The van der Waals surface area contributed by atoms with E-state index in [0.29, 0.717) is 5.69 Å². The number of hydrogen-bond acceptors (Lipinski definition) is 3. The molecule has 0 aliphatic heterocycles. The van der Waals surface area contributed by atoms with E-state index in [1.54, 1.807) is 18.7 Å². The summed E-state index contributed by atoms with van der Waals surface area (Å²) in [5.74, 6) is -0.0942. The molecule has 0 saturated heterocycles. The molecule has 2 heterocycles. The van der Waals surface area contributed by atoms with Gasteiger partial charge in [0.2, 0.25) is 0 Å². The van der Waals surface area contributed by atoms with E-state index in [4.69, 9.17) is 0 Å². The summed E-state index contributed by atoms with van der Waals surface area (Å²) in [4.78, 5) is 21.1. The standard InChI is InChI=1S/C22H26N4O/c1-3-4-5-8-17(2)25-22(27)21-15-24-16-26(21)20-11-6-9-18(13-20)19-10-7-12-23-14-19/h6-7,9-17H,3-5,8H2,1-2H3,(H,25,27)/t17-/m0/s1. The topological polar surface area (TPSA) is 59.8 Å². The zero-order valence-electron chi connectivity index (χ0n) is 15.9. The molecule has 3 aromatic rings. The van der Waals surface area contributed by atoms with Crippen LogP contribution in [-0.4, -0.2) is 26.5 Å². The van der Waals surface area contributed by atoms with Crippen molar-refractivity contribution in [1.82, 2.24) is 19.9 Å². The Labute approximate surface area is 160 Å². The van der Waals surface area contributed by atoms with Crippen LogP contribution in [0.4, 0.5) is 0 Å². The van der Waals surface area contributed by atoms with Crippen LogP contribution >= 0.6 is 0 Å². The molecule has 27 heavy (non-hydrogen) atoms. The lowest BCUT2D eigenvalue weighted by Crippen LogP contribution is -2.33. The maximum Gasteiger partial charge on any atom is 0.270 e. The highest BCUT2D eigenvalue weighted by Gasteiger charge is 2.15. The van der Waals surface area contributed by atoms with Gasteiger partial charge in [0.1, 0.15) is 5.69 Å². The van der Waals surface area contributed by atoms with Crippen LogP contribution in [0.2, 0.25) is 0 Å². The minimum Gasteiger partial charge on any atom is -0.348 e. The number of carbonyl (C=O) groups excluding carboxylic acids is 1. The van der Waals surface area contributed by atoms with Gasteiger partial charge in [0.15, 0.2) is 0 Å². The molecule has 2 aromatic heterocycles. The van der Waals surface area contributed by atoms with Crippen molar-refractivity contribution in [3.8, 4) is 16.8 Å². The number of unbranched alkanes of at least 4 members (excludes halogenated alkanes) is 2. The zero-order valence-corrected chi connectivity index (χ0v) is 15.9. The van der Waals surface area contributed by atoms with Crippen LogP contribution in [0.25, 0.3) is 16.8 Å². The minimum atomic E-state index is -0.0942. The molecule has 1 atom stereocenters. The van der Waals surface area contributed by atoms with Crippen molar-refractivity contribution in [2.75, 3.05) is 0 Å². The molecule has 1 amide bonds. The largest absolute Gasteiger partial charge is 0.348 e. The third kappa shape index (κ3) is 4.82. The summed E-state index contributed by atoms with van der Waals surface area (Å²) in [5, 5.41) is 3.09. The van der Waals surface area contributed by atoms with Gasteiger partial charge in [-0.15, -0.1) is 0 Å². The van der Waals surface area contributed by atoms with E-state index in [1.807, 2.05) is 47.2 Å². The summed E-state index contributed by atoms with van der Waals surface area (Å²) in [6, 6.07) is 12.1. The molecule has 0 bridgehead atoms. The molecule has 5 heteroatoms. The first-order valence-corrected chi connectivity index (χ1v) is 9.53. The van der Waals surface area contributed by atoms with Crippen molar-refractivity contribution in [1.29, 1.82) is 0 Å². The van der Waals surface area contributed by atoms with Crippen LogP contribution in [0.3, 0.4) is 0 Å². The summed E-state index contributed by atoms with van der Waals surface area (Å²) >= 11 is 0. The van der Waals surface area contributed by atoms with E-state index in [9.17, 15) is 4.79 Å². The summed E-state index contributed by atoms with van der Waals surface area (Å²) < 4.78 is 1.83. The lowest BCUT2D eigenvalue weighted by atomic mass is 10.1. The van der Waals surface area contributed by atoms with Gasteiger partial charge in [-0.3, -0.25) is 14.3 Å². The first kappa shape index (κ1) is 18.8. The number of nitrogens with zero attached hydrogens (tertiary/aromatic N) is 3. The van der Waals surface area contributed by atoms with Gasteiger partial charge in [-0.25, -0.2) is 4.98 Å². The molecular formula is C22H26N4O. The predicted molar refractivity (Wildman–Crippen MR) is 108 cm³/mol. The van der Waals surface area contributed by atoms with Gasteiger partial charge in [0.05, 0.1) is 12.5 Å². The Hall–Kier alpha value is -2.95. The number of nitrogens with one attached hydrogen (secondary N) is 1. The first-order chi connectivity index (χ1) is 13.2. The van der Waals surface area contributed by atoms with Gasteiger partial charge < -0.3 is 5.32 Å². The Morgan fingerprint density at radius 1 is 1.11 bits per heavy atom. The van der Waals surface area contributed by atoms with E-state index < -0.39 is 0 Å². The van der Waals surface area contributed by atoms with Gasteiger partial charge in [0, 0.05) is 29.7 Å². The van der Waals surface area contributed by atoms with E-state index in [0.717, 1.165) is 29.7 Å². The summed E-state index contributed by atoms with van der Waals surface area (Å²) in [7, 11) is 0. The normalized spacial score (nSPS) is 11.9. The van der Waals surface area contributed by atoms with Gasteiger partial charge >= 0.3 is 0 Å². The predicted octanol–water partition coefficient (Wildman–Crippen LogP) is 4.63. The fraction of sp³-hybridized carbons (Fsp3) is 0.318. The molecule has 0 fully saturated rings. The number of benzene rings is 1. The second-order valence-corrected chi connectivity index (χ2v) is 6.81. The molecule has 1 N–H and O–H groups in total. The molecule has 0 unspecified atom stereocenters. The number of imidazole rings is 1. The van der Waals surface area contributed by atoms with E-state index in [1.165, 1.54) is 12.8 Å². The number of pyridine rings is 1. The monoisotopic (exact) mass is 362 g/mol. The molecule has 0 aliphatic rings. The summed E-state index contributed by atoms with van der Waals surface area (Å²) in [5.41, 5.74) is 3.53. The minimum absolute atomic E-state index is 0.0942. The van der Waals surface area contributed by atoms with Crippen LogP contribution < -0.4 is 5.32 Å². The van der Waals surface area contributed by atoms with Crippen molar-refractivity contribution in [2.24, 2.45) is 0 Å². The van der Waals surface area contributed by atoms with Crippen molar-refractivity contribution >= 4 is 5.91 Å². The Balaban J connectivity index is 1.78. The van der Waals surface area contributed by atoms with Gasteiger partial charge in [-0.2, -0.15) is 0 Å². The second kappa shape index (κ2) is 9.12. The first-order valence-electron chi connectivity index (χ1n) is 9.53. The van der Waals surface area contributed by atoms with Gasteiger partial charge in [-0.1, -0.05) is 44.4 Å².